The molecule has 14 heavy (non-hydrogen) atoms. The van der Waals surface area contributed by atoms with Crippen molar-refractivity contribution < 1.29 is 13.2 Å². The Morgan fingerprint density at radius 3 is 2.79 bits per heavy atom. The lowest BCUT2D eigenvalue weighted by molar-refractivity contribution is 0.162. The Bertz CT molecular complexity index is 268. The molecule has 0 N–H and O–H groups in total. The highest BCUT2D eigenvalue weighted by atomic mass is 79.9. The highest BCUT2D eigenvalue weighted by Crippen LogP contribution is 2.19. The number of ether oxygens (including phenoxy) is 1. The zero-order chi connectivity index (χ0) is 10.6. The second kappa shape index (κ2) is 5.44. The Morgan fingerprint density at radius 1 is 1.57 bits per heavy atom. The molecule has 0 amide bonds. The fourth-order valence-corrected chi connectivity index (χ4v) is 3.50. The van der Waals surface area contributed by atoms with E-state index in [0.717, 1.165) is 6.42 Å². The number of halogens is 1. The van der Waals surface area contributed by atoms with E-state index in [-0.39, 0.29) is 5.75 Å². The van der Waals surface area contributed by atoms with Crippen LogP contribution in [0, 0.1) is 0 Å². The molecule has 1 atom stereocenters. The predicted molar refractivity (Wildman–Crippen MR) is 59.2 cm³/mol. The van der Waals surface area contributed by atoms with Gasteiger partial charge in [-0.3, -0.25) is 0 Å². The van der Waals surface area contributed by atoms with Gasteiger partial charge in [0.15, 0.2) is 0 Å². The minimum atomic E-state index is -3.09. The van der Waals surface area contributed by atoms with Crippen molar-refractivity contribution in [3.63, 3.8) is 0 Å². The van der Waals surface area contributed by atoms with E-state index in [1.54, 1.807) is 0 Å². The average Bonchev–Trinajstić information content (AvgIpc) is 2.53. The van der Waals surface area contributed by atoms with E-state index in [9.17, 15) is 8.42 Å². The number of hydrogen-bond acceptors (Lipinski definition) is 3. The fraction of sp³-hybridized carbons (Fsp3) is 1.00. The van der Waals surface area contributed by atoms with Crippen molar-refractivity contribution in [2.75, 3.05) is 32.1 Å². The average molecular weight is 286 g/mol. The van der Waals surface area contributed by atoms with E-state index >= 15 is 0 Å². The molecule has 1 fully saturated rings. The second-order valence-electron chi connectivity index (χ2n) is 3.26. The molecule has 1 rings (SSSR count). The molecule has 1 unspecified atom stereocenters. The third-order valence-corrected chi connectivity index (χ3v) is 4.73. The summed E-state index contributed by atoms with van der Waals surface area (Å²) in [7, 11) is -3.09. The number of hydrogen-bond donors (Lipinski definition) is 0. The van der Waals surface area contributed by atoms with E-state index in [1.807, 2.05) is 6.92 Å². The molecule has 0 aromatic carbocycles. The van der Waals surface area contributed by atoms with Crippen LogP contribution in [-0.4, -0.2) is 49.6 Å². The predicted octanol–water partition coefficient (Wildman–Crippen LogP) is 0.822. The molecule has 6 heteroatoms. The molecule has 4 nitrogen and oxygen atoms in total. The quantitative estimate of drug-likeness (QED) is 0.555. The van der Waals surface area contributed by atoms with Crippen LogP contribution in [0.1, 0.15) is 13.3 Å². The summed E-state index contributed by atoms with van der Waals surface area (Å²) in [5, 5.41) is 0. The summed E-state index contributed by atoms with van der Waals surface area (Å²) in [6.45, 7) is 3.94. The number of rotatable bonds is 5. The molecule has 1 aliphatic heterocycles. The van der Waals surface area contributed by atoms with E-state index in [4.69, 9.17) is 4.74 Å². The van der Waals surface area contributed by atoms with Gasteiger partial charge < -0.3 is 4.74 Å². The molecule has 1 saturated heterocycles. The Hall–Kier alpha value is 0.350. The van der Waals surface area contributed by atoms with Gasteiger partial charge >= 0.3 is 0 Å². The third-order valence-electron chi connectivity index (χ3n) is 2.18. The van der Waals surface area contributed by atoms with E-state index in [2.05, 4.69) is 15.9 Å². The van der Waals surface area contributed by atoms with Crippen LogP contribution >= 0.6 is 15.9 Å². The van der Waals surface area contributed by atoms with Gasteiger partial charge in [0.2, 0.25) is 10.0 Å². The van der Waals surface area contributed by atoms with Crippen molar-refractivity contribution in [2.45, 2.75) is 18.2 Å². The van der Waals surface area contributed by atoms with E-state index < -0.39 is 10.0 Å². The summed E-state index contributed by atoms with van der Waals surface area (Å²) in [6, 6.07) is 0. The standard InChI is InChI=1S/C8H16BrNO3S/c1-2-13-5-6-14(11,12)10-4-3-8(9)7-10/h8H,2-7H2,1H3. The van der Waals surface area contributed by atoms with Gasteiger partial charge in [-0.05, 0) is 13.3 Å². The number of sulfonamides is 1. The van der Waals surface area contributed by atoms with Crippen molar-refractivity contribution in [3.05, 3.63) is 0 Å². The van der Waals surface area contributed by atoms with Gasteiger partial charge in [-0.1, -0.05) is 15.9 Å². The highest BCUT2D eigenvalue weighted by molar-refractivity contribution is 9.09. The first-order valence-corrected chi connectivity index (χ1v) is 7.28. The lowest BCUT2D eigenvalue weighted by Crippen LogP contribution is -2.32. The normalized spacial score (nSPS) is 24.3. The largest absolute Gasteiger partial charge is 0.381 e. The van der Waals surface area contributed by atoms with Crippen LogP contribution in [0.25, 0.3) is 0 Å². The monoisotopic (exact) mass is 285 g/mol. The Labute approximate surface area is 93.8 Å². The second-order valence-corrected chi connectivity index (χ2v) is 6.64. The Balaban J connectivity index is 2.41. The van der Waals surface area contributed by atoms with Crippen LogP contribution in [0.5, 0.6) is 0 Å². The first-order valence-electron chi connectivity index (χ1n) is 4.76. The van der Waals surface area contributed by atoms with Crippen molar-refractivity contribution in [1.29, 1.82) is 0 Å². The summed E-state index contributed by atoms with van der Waals surface area (Å²) in [6.07, 6.45) is 0.897. The zero-order valence-corrected chi connectivity index (χ0v) is 10.7. The first kappa shape index (κ1) is 12.4. The molecule has 0 spiro atoms. The van der Waals surface area contributed by atoms with Gasteiger partial charge in [-0.2, -0.15) is 0 Å². The van der Waals surface area contributed by atoms with Crippen molar-refractivity contribution >= 4 is 26.0 Å². The lowest BCUT2D eigenvalue weighted by atomic mass is 10.4. The molecule has 0 aromatic rings. The summed E-state index contributed by atoms with van der Waals surface area (Å²) < 4.78 is 29.9. The SMILES string of the molecule is CCOCCS(=O)(=O)N1CCC(Br)C1. The van der Waals surface area contributed by atoms with Crippen LogP contribution in [0.3, 0.4) is 0 Å². The molecular formula is C8H16BrNO3S. The van der Waals surface area contributed by atoms with Crippen molar-refractivity contribution in [1.82, 2.24) is 4.31 Å². The van der Waals surface area contributed by atoms with Crippen LogP contribution < -0.4 is 0 Å². The first-order chi connectivity index (χ1) is 6.56. The summed E-state index contributed by atoms with van der Waals surface area (Å²) >= 11 is 3.42. The Kier molecular flexibility index (Phi) is 4.82. The molecule has 0 saturated carbocycles. The van der Waals surface area contributed by atoms with Crippen LogP contribution in [0.4, 0.5) is 0 Å². The highest BCUT2D eigenvalue weighted by Gasteiger charge is 2.29. The van der Waals surface area contributed by atoms with Crippen molar-refractivity contribution in [3.8, 4) is 0 Å². The maximum absolute atomic E-state index is 11.7. The third kappa shape index (κ3) is 3.49. The summed E-state index contributed by atoms with van der Waals surface area (Å²) in [5.41, 5.74) is 0. The topological polar surface area (TPSA) is 46.6 Å². The zero-order valence-electron chi connectivity index (χ0n) is 8.28. The molecule has 0 aliphatic carbocycles. The van der Waals surface area contributed by atoms with Gasteiger partial charge in [0, 0.05) is 24.5 Å². The van der Waals surface area contributed by atoms with Crippen LogP contribution in [0.15, 0.2) is 0 Å². The van der Waals surface area contributed by atoms with Gasteiger partial charge in [0.25, 0.3) is 0 Å². The molecule has 0 bridgehead atoms. The summed E-state index contributed by atoms with van der Waals surface area (Å²) in [4.78, 5) is 0.310. The van der Waals surface area contributed by atoms with Crippen molar-refractivity contribution in [2.24, 2.45) is 0 Å². The van der Waals surface area contributed by atoms with Gasteiger partial charge in [-0.15, -0.1) is 0 Å². The molecule has 84 valence electrons. The molecular weight excluding hydrogens is 270 g/mol. The summed E-state index contributed by atoms with van der Waals surface area (Å²) in [5.74, 6) is 0.0978. The molecule has 1 heterocycles. The van der Waals surface area contributed by atoms with Gasteiger partial charge in [-0.25, -0.2) is 12.7 Å². The van der Waals surface area contributed by atoms with E-state index in [0.29, 0.717) is 31.1 Å². The van der Waals surface area contributed by atoms with Gasteiger partial charge in [0.05, 0.1) is 12.4 Å². The molecule has 0 radical (unpaired) electrons. The number of nitrogens with zero attached hydrogens (tertiary/aromatic N) is 1. The minimum Gasteiger partial charge on any atom is -0.381 e. The number of alkyl halides is 1. The smallest absolute Gasteiger partial charge is 0.216 e. The van der Waals surface area contributed by atoms with Crippen LogP contribution in [0.2, 0.25) is 0 Å². The minimum absolute atomic E-state index is 0.0978. The molecule has 1 aliphatic rings. The maximum Gasteiger partial charge on any atom is 0.216 e. The maximum atomic E-state index is 11.7. The lowest BCUT2D eigenvalue weighted by Gasteiger charge is -2.15. The molecule has 0 aromatic heterocycles. The van der Waals surface area contributed by atoms with Crippen LogP contribution in [-0.2, 0) is 14.8 Å². The fourth-order valence-electron chi connectivity index (χ4n) is 1.38. The Morgan fingerprint density at radius 2 is 2.29 bits per heavy atom. The van der Waals surface area contributed by atoms with Gasteiger partial charge in [0.1, 0.15) is 0 Å². The van der Waals surface area contributed by atoms with E-state index in [1.165, 1.54) is 4.31 Å².